The highest BCUT2D eigenvalue weighted by Gasteiger charge is 2.21. The van der Waals surface area contributed by atoms with Gasteiger partial charge in [0.15, 0.2) is 0 Å². The van der Waals surface area contributed by atoms with Gasteiger partial charge in [-0.1, -0.05) is 49.4 Å². The molecule has 0 radical (unpaired) electrons. The number of para-hydroxylation sites is 2. The minimum Gasteiger partial charge on any atom is -0.324 e. The van der Waals surface area contributed by atoms with Gasteiger partial charge in [-0.3, -0.25) is 0 Å². The normalized spacial score (nSPS) is 14.2. The van der Waals surface area contributed by atoms with E-state index < -0.39 is 0 Å². The van der Waals surface area contributed by atoms with Gasteiger partial charge in [-0.25, -0.2) is 4.98 Å². The van der Waals surface area contributed by atoms with Gasteiger partial charge in [0.1, 0.15) is 5.82 Å². The Labute approximate surface area is 144 Å². The van der Waals surface area contributed by atoms with Crippen LogP contribution in [0.4, 0.5) is 0 Å². The Morgan fingerprint density at radius 1 is 0.958 bits per heavy atom. The first-order valence-electron chi connectivity index (χ1n) is 8.89. The van der Waals surface area contributed by atoms with Gasteiger partial charge < -0.3 is 9.88 Å². The average molecular weight is 321 g/mol. The molecule has 0 unspecified atom stereocenters. The van der Waals surface area contributed by atoms with Gasteiger partial charge in [0, 0.05) is 12.1 Å². The van der Waals surface area contributed by atoms with Crippen molar-refractivity contribution in [1.82, 2.24) is 14.9 Å². The zero-order valence-electron chi connectivity index (χ0n) is 15.0. The highest BCUT2D eigenvalue weighted by atomic mass is 15.1. The van der Waals surface area contributed by atoms with Crippen molar-refractivity contribution in [1.29, 1.82) is 0 Å². The van der Waals surface area contributed by atoms with Crippen LogP contribution in [-0.2, 0) is 0 Å². The van der Waals surface area contributed by atoms with Crippen molar-refractivity contribution in [2.24, 2.45) is 0 Å². The van der Waals surface area contributed by atoms with Crippen molar-refractivity contribution in [3.63, 3.8) is 0 Å². The number of fused-ring (bicyclic) bond motifs is 1. The molecule has 126 valence electrons. The molecule has 0 aliphatic heterocycles. The highest BCUT2D eigenvalue weighted by molar-refractivity contribution is 5.76. The fourth-order valence-corrected chi connectivity index (χ4v) is 3.42. The lowest BCUT2D eigenvalue weighted by Crippen LogP contribution is -2.27. The van der Waals surface area contributed by atoms with E-state index in [2.05, 4.69) is 92.2 Å². The summed E-state index contributed by atoms with van der Waals surface area (Å²) in [7, 11) is 0. The van der Waals surface area contributed by atoms with E-state index in [1.54, 1.807) is 0 Å². The van der Waals surface area contributed by atoms with Crippen LogP contribution in [0, 0.1) is 0 Å². The topological polar surface area (TPSA) is 29.9 Å². The standard InChI is InChI=1S/C21H27N3/c1-5-18(17-11-7-6-8-12-17)22-16(4)21-23-19-13-9-10-14-20(19)24(21)15(2)3/h6-16,18,22H,5H2,1-4H3/t16-,18+/m1/s1. The minimum absolute atomic E-state index is 0.185. The fourth-order valence-electron chi connectivity index (χ4n) is 3.42. The molecule has 3 aromatic rings. The lowest BCUT2D eigenvalue weighted by Gasteiger charge is -2.24. The van der Waals surface area contributed by atoms with Crippen molar-refractivity contribution in [3.8, 4) is 0 Å². The molecule has 0 amide bonds. The maximum Gasteiger partial charge on any atom is 0.127 e. The van der Waals surface area contributed by atoms with Crippen LogP contribution < -0.4 is 5.32 Å². The Hall–Kier alpha value is -2.13. The van der Waals surface area contributed by atoms with E-state index in [1.807, 2.05) is 0 Å². The average Bonchev–Trinajstić information content (AvgIpc) is 3.00. The molecule has 3 nitrogen and oxygen atoms in total. The van der Waals surface area contributed by atoms with Gasteiger partial charge >= 0.3 is 0 Å². The van der Waals surface area contributed by atoms with Crippen LogP contribution >= 0.6 is 0 Å². The second kappa shape index (κ2) is 7.18. The number of hydrogen-bond acceptors (Lipinski definition) is 2. The number of benzene rings is 2. The third kappa shape index (κ3) is 3.22. The molecule has 0 fully saturated rings. The van der Waals surface area contributed by atoms with Gasteiger partial charge in [0.05, 0.1) is 17.1 Å². The summed E-state index contributed by atoms with van der Waals surface area (Å²) in [6, 6.07) is 20.0. The molecule has 2 atom stereocenters. The molecular weight excluding hydrogens is 294 g/mol. The molecule has 0 saturated carbocycles. The van der Waals surface area contributed by atoms with Crippen molar-refractivity contribution < 1.29 is 0 Å². The summed E-state index contributed by atoms with van der Waals surface area (Å²) in [4.78, 5) is 4.92. The predicted molar refractivity (Wildman–Crippen MR) is 101 cm³/mol. The maximum atomic E-state index is 4.92. The van der Waals surface area contributed by atoms with E-state index in [9.17, 15) is 0 Å². The van der Waals surface area contributed by atoms with Crippen molar-refractivity contribution >= 4 is 11.0 Å². The monoisotopic (exact) mass is 321 g/mol. The minimum atomic E-state index is 0.185. The van der Waals surface area contributed by atoms with E-state index in [0.29, 0.717) is 12.1 Å². The summed E-state index contributed by atoms with van der Waals surface area (Å²) in [5, 5.41) is 3.77. The van der Waals surface area contributed by atoms with Crippen molar-refractivity contribution in [2.75, 3.05) is 0 Å². The van der Waals surface area contributed by atoms with Crippen LogP contribution in [0.25, 0.3) is 11.0 Å². The zero-order valence-corrected chi connectivity index (χ0v) is 15.0. The Morgan fingerprint density at radius 3 is 2.29 bits per heavy atom. The quantitative estimate of drug-likeness (QED) is 0.657. The van der Waals surface area contributed by atoms with E-state index >= 15 is 0 Å². The van der Waals surface area contributed by atoms with Gasteiger partial charge in [-0.05, 0) is 44.9 Å². The Morgan fingerprint density at radius 2 is 1.62 bits per heavy atom. The first kappa shape index (κ1) is 16.7. The van der Waals surface area contributed by atoms with Crippen LogP contribution in [-0.4, -0.2) is 9.55 Å². The number of aromatic nitrogens is 2. The summed E-state index contributed by atoms with van der Waals surface area (Å²) >= 11 is 0. The molecule has 3 heteroatoms. The summed E-state index contributed by atoms with van der Waals surface area (Å²) in [6.07, 6.45) is 1.05. The molecule has 0 aliphatic carbocycles. The van der Waals surface area contributed by atoms with Crippen LogP contribution in [0.5, 0.6) is 0 Å². The number of rotatable bonds is 6. The zero-order chi connectivity index (χ0) is 17.1. The summed E-state index contributed by atoms with van der Waals surface area (Å²) in [5.41, 5.74) is 3.62. The van der Waals surface area contributed by atoms with Crippen molar-refractivity contribution in [2.45, 2.75) is 52.2 Å². The van der Waals surface area contributed by atoms with Gasteiger partial charge in [-0.2, -0.15) is 0 Å². The largest absolute Gasteiger partial charge is 0.324 e. The van der Waals surface area contributed by atoms with E-state index in [-0.39, 0.29) is 6.04 Å². The van der Waals surface area contributed by atoms with Crippen LogP contribution in [0.3, 0.4) is 0 Å². The lowest BCUT2D eigenvalue weighted by atomic mass is 10.0. The van der Waals surface area contributed by atoms with Gasteiger partial charge in [-0.15, -0.1) is 0 Å². The van der Waals surface area contributed by atoms with Gasteiger partial charge in [0.2, 0.25) is 0 Å². The highest BCUT2D eigenvalue weighted by Crippen LogP contribution is 2.27. The molecule has 2 aromatic carbocycles. The third-order valence-electron chi connectivity index (χ3n) is 4.59. The molecular formula is C21H27N3. The van der Waals surface area contributed by atoms with Crippen molar-refractivity contribution in [3.05, 3.63) is 66.0 Å². The van der Waals surface area contributed by atoms with E-state index in [0.717, 1.165) is 17.8 Å². The molecule has 3 rings (SSSR count). The Balaban J connectivity index is 1.93. The second-order valence-corrected chi connectivity index (χ2v) is 6.68. The number of nitrogens with one attached hydrogen (secondary N) is 1. The Kier molecular flexibility index (Phi) is 5.00. The van der Waals surface area contributed by atoms with Crippen LogP contribution in [0.15, 0.2) is 54.6 Å². The number of imidazole rings is 1. The first-order valence-corrected chi connectivity index (χ1v) is 8.89. The second-order valence-electron chi connectivity index (χ2n) is 6.68. The Bertz CT molecular complexity index is 789. The lowest BCUT2D eigenvalue weighted by molar-refractivity contribution is 0.423. The molecule has 0 spiro atoms. The molecule has 1 aromatic heterocycles. The van der Waals surface area contributed by atoms with Gasteiger partial charge in [0.25, 0.3) is 0 Å². The summed E-state index contributed by atoms with van der Waals surface area (Å²) in [6.45, 7) is 8.88. The van der Waals surface area contributed by atoms with E-state index in [4.69, 9.17) is 4.98 Å². The summed E-state index contributed by atoms with van der Waals surface area (Å²) in [5.74, 6) is 1.11. The number of hydrogen-bond donors (Lipinski definition) is 1. The summed E-state index contributed by atoms with van der Waals surface area (Å²) < 4.78 is 2.35. The third-order valence-corrected chi connectivity index (χ3v) is 4.59. The first-order chi connectivity index (χ1) is 11.6. The molecule has 0 saturated heterocycles. The number of nitrogens with zero attached hydrogens (tertiary/aromatic N) is 2. The maximum absolute atomic E-state index is 4.92. The van der Waals surface area contributed by atoms with Crippen LogP contribution in [0.1, 0.15) is 63.6 Å². The predicted octanol–water partition coefficient (Wildman–Crippen LogP) is 5.42. The van der Waals surface area contributed by atoms with Crippen LogP contribution in [0.2, 0.25) is 0 Å². The molecule has 24 heavy (non-hydrogen) atoms. The molecule has 1 heterocycles. The molecule has 0 aliphatic rings. The molecule has 1 N–H and O–H groups in total. The molecule has 0 bridgehead atoms. The fraction of sp³-hybridized carbons (Fsp3) is 0.381. The smallest absolute Gasteiger partial charge is 0.127 e. The SMILES string of the molecule is CC[C@H](N[C@H](C)c1nc2ccccc2n1C(C)C)c1ccccc1. The van der Waals surface area contributed by atoms with E-state index in [1.165, 1.54) is 11.1 Å².